The average Bonchev–Trinajstić information content (AvgIpc) is 2.92. The van der Waals surface area contributed by atoms with Crippen molar-refractivity contribution < 1.29 is 18.3 Å². The van der Waals surface area contributed by atoms with Gasteiger partial charge in [-0.15, -0.1) is 0 Å². The maximum Gasteiger partial charge on any atom is 0.284 e. The molecule has 37 heavy (non-hydrogen) atoms. The number of halogens is 2. The summed E-state index contributed by atoms with van der Waals surface area (Å²) in [5, 5.41) is 6.44. The number of nitrogens with one attached hydrogen (secondary N) is 1. The van der Waals surface area contributed by atoms with Gasteiger partial charge in [-0.1, -0.05) is 6.07 Å². The number of carbonyl (C=O) groups excluding carboxylic acids is 1. The third-order valence-electron chi connectivity index (χ3n) is 5.33. The second-order valence-corrected chi connectivity index (χ2v) is 7.75. The Morgan fingerprint density at radius 1 is 0.865 bits per heavy atom. The van der Waals surface area contributed by atoms with Crippen LogP contribution in [0.2, 0.25) is 0 Å². The highest BCUT2D eigenvalue weighted by atomic mass is 19.1. The summed E-state index contributed by atoms with van der Waals surface area (Å²) in [5.74, 6) is -1.67. The molecule has 0 fully saturated rings. The van der Waals surface area contributed by atoms with Crippen LogP contribution < -0.4 is 15.6 Å². The lowest BCUT2D eigenvalue weighted by Gasteiger charge is -2.12. The second kappa shape index (κ2) is 10.2. The molecular formula is C27H17F2N5O3. The highest BCUT2D eigenvalue weighted by Crippen LogP contribution is 2.33. The zero-order valence-electron chi connectivity index (χ0n) is 19.0. The predicted molar refractivity (Wildman–Crippen MR) is 132 cm³/mol. The van der Waals surface area contributed by atoms with Crippen LogP contribution >= 0.6 is 0 Å². The summed E-state index contributed by atoms with van der Waals surface area (Å²) in [7, 11) is 0. The topological polar surface area (TPSA) is 99.0 Å². The highest BCUT2D eigenvalue weighted by molar-refractivity contribution is 6.04. The first-order valence-electron chi connectivity index (χ1n) is 11.0. The van der Waals surface area contributed by atoms with E-state index in [2.05, 4.69) is 20.4 Å². The molecule has 0 radical (unpaired) electrons. The zero-order valence-corrected chi connectivity index (χ0v) is 19.0. The quantitative estimate of drug-likeness (QED) is 0.354. The Bertz CT molecular complexity index is 1640. The van der Waals surface area contributed by atoms with Crippen molar-refractivity contribution in [2.75, 3.05) is 5.32 Å². The van der Waals surface area contributed by atoms with E-state index in [1.165, 1.54) is 54.9 Å². The van der Waals surface area contributed by atoms with Crippen molar-refractivity contribution in [3.05, 3.63) is 125 Å². The lowest BCUT2D eigenvalue weighted by Crippen LogP contribution is -2.29. The van der Waals surface area contributed by atoms with Crippen molar-refractivity contribution in [3.63, 3.8) is 0 Å². The van der Waals surface area contributed by atoms with Crippen LogP contribution in [-0.2, 0) is 0 Å². The number of pyridine rings is 2. The summed E-state index contributed by atoms with van der Waals surface area (Å²) in [6.45, 7) is 0. The number of ether oxygens (including phenoxy) is 1. The van der Waals surface area contributed by atoms with Crippen LogP contribution in [0.4, 0.5) is 14.5 Å². The number of nitrogens with zero attached hydrogens (tertiary/aromatic N) is 4. The number of hydrogen-bond acceptors (Lipinski definition) is 6. The number of anilines is 1. The number of benzene rings is 2. The van der Waals surface area contributed by atoms with Crippen LogP contribution in [0.15, 0.2) is 103 Å². The molecule has 3 heterocycles. The summed E-state index contributed by atoms with van der Waals surface area (Å²) in [6, 6.07) is 15.4. The first kappa shape index (κ1) is 23.5. The third kappa shape index (κ3) is 5.08. The molecule has 0 aliphatic heterocycles. The van der Waals surface area contributed by atoms with Crippen LogP contribution in [-0.4, -0.2) is 25.7 Å². The number of carbonyl (C=O) groups is 1. The van der Waals surface area contributed by atoms with Crippen LogP contribution in [0.5, 0.6) is 11.5 Å². The van der Waals surface area contributed by atoms with E-state index < -0.39 is 23.1 Å². The smallest absolute Gasteiger partial charge is 0.284 e. The molecule has 5 aromatic rings. The Kier molecular flexibility index (Phi) is 6.45. The Morgan fingerprint density at radius 3 is 2.43 bits per heavy atom. The molecule has 0 atom stereocenters. The molecule has 0 aliphatic carbocycles. The number of hydrogen-bond donors (Lipinski definition) is 1. The number of amides is 1. The Morgan fingerprint density at radius 2 is 1.68 bits per heavy atom. The second-order valence-electron chi connectivity index (χ2n) is 7.75. The SMILES string of the molecule is O=C(Nc1ccc(Oc2ccncc2-c2cccnc2)c(F)c1)c1ccnn(-c2ccc(F)cc2)c1=O. The first-order chi connectivity index (χ1) is 18.0. The highest BCUT2D eigenvalue weighted by Gasteiger charge is 2.16. The minimum atomic E-state index is -0.760. The lowest BCUT2D eigenvalue weighted by atomic mass is 10.1. The molecule has 0 aliphatic rings. The van der Waals surface area contributed by atoms with E-state index in [4.69, 9.17) is 4.74 Å². The molecule has 0 saturated heterocycles. The molecule has 5 rings (SSSR count). The third-order valence-corrected chi connectivity index (χ3v) is 5.33. The van der Waals surface area contributed by atoms with Gasteiger partial charge in [-0.25, -0.2) is 8.78 Å². The van der Waals surface area contributed by atoms with Crippen LogP contribution in [0.1, 0.15) is 10.4 Å². The maximum atomic E-state index is 14.9. The minimum Gasteiger partial charge on any atom is -0.454 e. The van der Waals surface area contributed by atoms with Crippen LogP contribution in [0.25, 0.3) is 16.8 Å². The Hall–Kier alpha value is -5.25. The summed E-state index contributed by atoms with van der Waals surface area (Å²) in [5.41, 5.74) is 0.837. The predicted octanol–water partition coefficient (Wildman–Crippen LogP) is 5.01. The first-order valence-corrected chi connectivity index (χ1v) is 11.0. The Balaban J connectivity index is 1.36. The fraction of sp³-hybridized carbons (Fsp3) is 0. The van der Waals surface area contributed by atoms with Gasteiger partial charge in [0.2, 0.25) is 0 Å². The molecule has 0 spiro atoms. The summed E-state index contributed by atoms with van der Waals surface area (Å²) in [4.78, 5) is 33.8. The molecule has 8 nitrogen and oxygen atoms in total. The standard InChI is InChI=1S/C27H17F2N5O3/c28-18-3-6-20(7-4-18)34-27(36)21(9-13-32-34)26(35)33-19-5-8-25(23(29)14-19)37-24-10-12-31-16-22(24)17-2-1-11-30-15-17/h1-16H,(H,33,35). The molecule has 1 N–H and O–H groups in total. The van der Waals surface area contributed by atoms with Crippen molar-refractivity contribution in [3.8, 4) is 28.3 Å². The van der Waals surface area contributed by atoms with E-state index in [9.17, 15) is 18.4 Å². The maximum absolute atomic E-state index is 14.9. The van der Waals surface area contributed by atoms with Gasteiger partial charge < -0.3 is 10.1 Å². The van der Waals surface area contributed by atoms with E-state index in [0.29, 0.717) is 11.3 Å². The van der Waals surface area contributed by atoms with Crippen LogP contribution in [0, 0.1) is 11.6 Å². The fourth-order valence-corrected chi connectivity index (χ4v) is 3.54. The van der Waals surface area contributed by atoms with Crippen LogP contribution in [0.3, 0.4) is 0 Å². The fourth-order valence-electron chi connectivity index (χ4n) is 3.54. The van der Waals surface area contributed by atoms with E-state index in [1.807, 2.05) is 6.07 Å². The molecule has 0 unspecified atom stereocenters. The lowest BCUT2D eigenvalue weighted by molar-refractivity contribution is 0.102. The van der Waals surface area contributed by atoms with Gasteiger partial charge in [0.25, 0.3) is 11.5 Å². The van der Waals surface area contributed by atoms with E-state index >= 15 is 0 Å². The van der Waals surface area contributed by atoms with E-state index in [0.717, 1.165) is 16.3 Å². The van der Waals surface area contributed by atoms with Gasteiger partial charge in [0.15, 0.2) is 11.6 Å². The van der Waals surface area contributed by atoms with Crippen molar-refractivity contribution in [2.45, 2.75) is 0 Å². The number of aromatic nitrogens is 4. The minimum absolute atomic E-state index is 0.0723. The zero-order chi connectivity index (χ0) is 25.8. The molecule has 0 bridgehead atoms. The van der Waals surface area contributed by atoms with Gasteiger partial charge >= 0.3 is 0 Å². The van der Waals surface area contributed by atoms with Gasteiger partial charge in [0.05, 0.1) is 5.69 Å². The van der Waals surface area contributed by atoms with Crippen molar-refractivity contribution in [1.82, 2.24) is 19.7 Å². The van der Waals surface area contributed by atoms with Gasteiger partial charge in [-0.05, 0) is 54.6 Å². The van der Waals surface area contributed by atoms with Crippen molar-refractivity contribution >= 4 is 11.6 Å². The van der Waals surface area contributed by atoms with Gasteiger partial charge in [-0.2, -0.15) is 9.78 Å². The molecule has 3 aromatic heterocycles. The van der Waals surface area contributed by atoms with Gasteiger partial charge in [0.1, 0.15) is 17.1 Å². The normalized spacial score (nSPS) is 10.6. The monoisotopic (exact) mass is 497 g/mol. The Labute approximate surface area is 208 Å². The molecule has 0 saturated carbocycles. The van der Waals surface area contributed by atoms with Gasteiger partial charge in [-0.3, -0.25) is 19.6 Å². The van der Waals surface area contributed by atoms with Gasteiger partial charge in [0, 0.05) is 53.9 Å². The summed E-state index contributed by atoms with van der Waals surface area (Å²) < 4.78 is 34.9. The molecule has 2 aromatic carbocycles. The molecule has 10 heteroatoms. The molecule has 182 valence electrons. The molecule has 1 amide bonds. The largest absolute Gasteiger partial charge is 0.454 e. The molecular weight excluding hydrogens is 480 g/mol. The van der Waals surface area contributed by atoms with Crippen molar-refractivity contribution in [1.29, 1.82) is 0 Å². The summed E-state index contributed by atoms with van der Waals surface area (Å²) in [6.07, 6.45) is 7.66. The summed E-state index contributed by atoms with van der Waals surface area (Å²) >= 11 is 0. The average molecular weight is 497 g/mol. The number of rotatable bonds is 6. The van der Waals surface area contributed by atoms with E-state index in [-0.39, 0.29) is 22.7 Å². The van der Waals surface area contributed by atoms with E-state index in [1.54, 1.807) is 30.7 Å². The van der Waals surface area contributed by atoms with Crippen molar-refractivity contribution in [2.24, 2.45) is 0 Å².